The van der Waals surface area contributed by atoms with Gasteiger partial charge in [0.15, 0.2) is 0 Å². The third-order valence-corrected chi connectivity index (χ3v) is 3.05. The first-order chi connectivity index (χ1) is 8.56. The lowest BCUT2D eigenvalue weighted by atomic mass is 10.1. The van der Waals surface area contributed by atoms with E-state index in [1.165, 1.54) is 0 Å². The first-order valence-electron chi connectivity index (χ1n) is 5.89. The van der Waals surface area contributed by atoms with Gasteiger partial charge in [-0.15, -0.1) is 0 Å². The fourth-order valence-corrected chi connectivity index (χ4v) is 2.14. The number of hydrogen-bond acceptors (Lipinski definition) is 1. The monoisotopic (exact) mass is 266 g/mol. The van der Waals surface area contributed by atoms with Gasteiger partial charge in [-0.3, -0.25) is 0 Å². The van der Waals surface area contributed by atoms with Crippen LogP contribution >= 0.6 is 11.6 Å². The predicted octanol–water partition coefficient (Wildman–Crippen LogP) is 3.22. The molecule has 18 heavy (non-hydrogen) atoms. The number of hydrogen-bond donors (Lipinski definition) is 1. The Labute approximate surface area is 111 Å². The van der Waals surface area contributed by atoms with Gasteiger partial charge in [-0.25, -0.2) is 4.39 Å². The highest BCUT2D eigenvalue weighted by Gasteiger charge is 2.07. The first-order valence-corrected chi connectivity index (χ1v) is 6.27. The molecule has 0 radical (unpaired) electrons. The molecular weight excluding hydrogens is 251 g/mol. The van der Waals surface area contributed by atoms with Crippen molar-refractivity contribution in [1.29, 1.82) is 0 Å². The zero-order valence-corrected chi connectivity index (χ0v) is 11.0. The molecule has 1 atom stereocenters. The highest BCUT2D eigenvalue weighted by atomic mass is 35.5. The van der Waals surface area contributed by atoms with E-state index in [2.05, 4.69) is 0 Å². The Morgan fingerprint density at radius 2 is 2.17 bits per heavy atom. The van der Waals surface area contributed by atoms with E-state index >= 15 is 0 Å². The van der Waals surface area contributed by atoms with Crippen LogP contribution in [0.5, 0.6) is 0 Å². The SMILES string of the molecule is CC(N)Cc1ccn(Cc2cccc(Cl)c2F)c1. The van der Waals surface area contributed by atoms with Gasteiger partial charge in [0.05, 0.1) is 5.02 Å². The van der Waals surface area contributed by atoms with Gasteiger partial charge in [0.25, 0.3) is 0 Å². The molecule has 4 heteroatoms. The highest BCUT2D eigenvalue weighted by Crippen LogP contribution is 2.19. The van der Waals surface area contributed by atoms with Crippen LogP contribution in [0.1, 0.15) is 18.1 Å². The van der Waals surface area contributed by atoms with Crippen molar-refractivity contribution in [3.8, 4) is 0 Å². The summed E-state index contributed by atoms with van der Waals surface area (Å²) in [6.45, 7) is 2.44. The minimum absolute atomic E-state index is 0.128. The maximum absolute atomic E-state index is 13.7. The van der Waals surface area contributed by atoms with E-state index in [4.69, 9.17) is 17.3 Å². The van der Waals surface area contributed by atoms with E-state index in [0.29, 0.717) is 12.1 Å². The molecule has 0 spiro atoms. The lowest BCUT2D eigenvalue weighted by Crippen LogP contribution is -2.17. The molecule has 0 aliphatic heterocycles. The van der Waals surface area contributed by atoms with Crippen LogP contribution in [-0.2, 0) is 13.0 Å². The molecule has 96 valence electrons. The van der Waals surface area contributed by atoms with Gasteiger partial charge in [-0.2, -0.15) is 0 Å². The van der Waals surface area contributed by atoms with Gasteiger partial charge in [0, 0.05) is 30.5 Å². The molecule has 1 heterocycles. The van der Waals surface area contributed by atoms with Crippen LogP contribution < -0.4 is 5.73 Å². The molecular formula is C14H16ClFN2. The third-order valence-electron chi connectivity index (χ3n) is 2.75. The second-order valence-electron chi connectivity index (χ2n) is 4.59. The summed E-state index contributed by atoms with van der Waals surface area (Å²) in [7, 11) is 0. The van der Waals surface area contributed by atoms with Crippen molar-refractivity contribution in [3.05, 3.63) is 58.6 Å². The molecule has 0 bridgehead atoms. The van der Waals surface area contributed by atoms with Gasteiger partial charge < -0.3 is 10.3 Å². The van der Waals surface area contributed by atoms with Crippen molar-refractivity contribution >= 4 is 11.6 Å². The number of halogens is 2. The minimum atomic E-state index is -0.346. The lowest BCUT2D eigenvalue weighted by molar-refractivity contribution is 0.600. The fraction of sp³-hybridized carbons (Fsp3) is 0.286. The van der Waals surface area contributed by atoms with Crippen LogP contribution in [-0.4, -0.2) is 10.6 Å². The van der Waals surface area contributed by atoms with E-state index in [-0.39, 0.29) is 16.9 Å². The van der Waals surface area contributed by atoms with Gasteiger partial charge >= 0.3 is 0 Å². The maximum Gasteiger partial charge on any atom is 0.146 e. The largest absolute Gasteiger partial charge is 0.350 e. The van der Waals surface area contributed by atoms with E-state index in [1.807, 2.05) is 30.0 Å². The van der Waals surface area contributed by atoms with E-state index in [1.54, 1.807) is 18.2 Å². The molecule has 2 nitrogen and oxygen atoms in total. The van der Waals surface area contributed by atoms with Gasteiger partial charge in [0.1, 0.15) is 5.82 Å². The molecule has 1 aromatic carbocycles. The highest BCUT2D eigenvalue weighted by molar-refractivity contribution is 6.30. The van der Waals surface area contributed by atoms with Gasteiger partial charge in [-0.05, 0) is 31.0 Å². The smallest absolute Gasteiger partial charge is 0.146 e. The number of nitrogens with two attached hydrogens (primary N) is 1. The molecule has 0 saturated carbocycles. The standard InChI is InChI=1S/C14H16ClFN2/c1-10(17)7-11-5-6-18(8-11)9-12-3-2-4-13(15)14(12)16/h2-6,8,10H,7,9,17H2,1H3. The molecule has 0 amide bonds. The Bertz CT molecular complexity index is 534. The van der Waals surface area contributed by atoms with Crippen LogP contribution in [0.2, 0.25) is 5.02 Å². The molecule has 2 rings (SSSR count). The average molecular weight is 267 g/mol. The van der Waals surface area contributed by atoms with Crippen LogP contribution in [0.3, 0.4) is 0 Å². The molecule has 0 saturated heterocycles. The first kappa shape index (κ1) is 13.1. The Morgan fingerprint density at radius 1 is 1.39 bits per heavy atom. The molecule has 1 aromatic heterocycles. The summed E-state index contributed by atoms with van der Waals surface area (Å²) < 4.78 is 15.7. The number of nitrogens with zero attached hydrogens (tertiary/aromatic N) is 1. The van der Waals surface area contributed by atoms with Crippen molar-refractivity contribution in [1.82, 2.24) is 4.57 Å². The van der Waals surface area contributed by atoms with E-state index in [0.717, 1.165) is 12.0 Å². The Hall–Kier alpha value is -1.32. The molecule has 1 unspecified atom stereocenters. The van der Waals surface area contributed by atoms with Crippen LogP contribution in [0.25, 0.3) is 0 Å². The van der Waals surface area contributed by atoms with Crippen molar-refractivity contribution in [2.75, 3.05) is 0 Å². The number of aromatic nitrogens is 1. The predicted molar refractivity (Wildman–Crippen MR) is 72.3 cm³/mol. The fourth-order valence-electron chi connectivity index (χ4n) is 1.95. The molecule has 0 fully saturated rings. The summed E-state index contributed by atoms with van der Waals surface area (Å²) in [6.07, 6.45) is 4.74. The van der Waals surface area contributed by atoms with Crippen molar-refractivity contribution < 1.29 is 4.39 Å². The van der Waals surface area contributed by atoms with Crippen LogP contribution in [0, 0.1) is 5.82 Å². The van der Waals surface area contributed by atoms with Crippen molar-refractivity contribution in [2.24, 2.45) is 5.73 Å². The summed E-state index contributed by atoms with van der Waals surface area (Å²) in [5.41, 5.74) is 7.49. The zero-order chi connectivity index (χ0) is 13.1. The Balaban J connectivity index is 2.14. The Kier molecular flexibility index (Phi) is 4.04. The summed E-state index contributed by atoms with van der Waals surface area (Å²) >= 11 is 5.75. The summed E-state index contributed by atoms with van der Waals surface area (Å²) in [4.78, 5) is 0. The van der Waals surface area contributed by atoms with Crippen LogP contribution in [0.4, 0.5) is 4.39 Å². The summed E-state index contributed by atoms with van der Waals surface area (Å²) in [6, 6.07) is 7.19. The average Bonchev–Trinajstić information content (AvgIpc) is 2.71. The maximum atomic E-state index is 13.7. The van der Waals surface area contributed by atoms with Gasteiger partial charge in [-0.1, -0.05) is 23.7 Å². The second-order valence-corrected chi connectivity index (χ2v) is 4.99. The summed E-state index contributed by atoms with van der Waals surface area (Å²) in [5.74, 6) is -0.346. The molecule has 0 aliphatic rings. The molecule has 2 aromatic rings. The molecule has 2 N–H and O–H groups in total. The van der Waals surface area contributed by atoms with Crippen molar-refractivity contribution in [2.45, 2.75) is 25.9 Å². The number of benzene rings is 1. The quantitative estimate of drug-likeness (QED) is 0.905. The summed E-state index contributed by atoms with van der Waals surface area (Å²) in [5, 5.41) is 0.162. The van der Waals surface area contributed by atoms with Crippen LogP contribution in [0.15, 0.2) is 36.7 Å². The van der Waals surface area contributed by atoms with E-state index < -0.39 is 0 Å². The minimum Gasteiger partial charge on any atom is -0.350 e. The Morgan fingerprint density at radius 3 is 2.89 bits per heavy atom. The normalized spacial score (nSPS) is 12.7. The lowest BCUT2D eigenvalue weighted by Gasteiger charge is -2.06. The van der Waals surface area contributed by atoms with E-state index in [9.17, 15) is 4.39 Å². The zero-order valence-electron chi connectivity index (χ0n) is 10.2. The number of rotatable bonds is 4. The second kappa shape index (κ2) is 5.55. The van der Waals surface area contributed by atoms with Crippen molar-refractivity contribution in [3.63, 3.8) is 0 Å². The third kappa shape index (κ3) is 3.12. The topological polar surface area (TPSA) is 30.9 Å². The van der Waals surface area contributed by atoms with Gasteiger partial charge in [0.2, 0.25) is 0 Å². The molecule has 0 aliphatic carbocycles.